The molecule has 2 unspecified atom stereocenters. The van der Waals surface area contributed by atoms with Crippen LogP contribution in [0.1, 0.15) is 5.56 Å². The van der Waals surface area contributed by atoms with E-state index in [2.05, 4.69) is 28.6 Å². The van der Waals surface area contributed by atoms with Gasteiger partial charge in [-0.05, 0) is 26.1 Å². The summed E-state index contributed by atoms with van der Waals surface area (Å²) in [5.74, 6) is 0. The number of aryl methyl sites for hydroxylation is 1. The third-order valence-corrected chi connectivity index (χ3v) is 3.33. The summed E-state index contributed by atoms with van der Waals surface area (Å²) in [5, 5.41) is 7.56. The van der Waals surface area contributed by atoms with Gasteiger partial charge < -0.3 is 15.0 Å². The fraction of sp³-hybridized carbons (Fsp3) is 0.750. The molecule has 0 aliphatic carbocycles. The van der Waals surface area contributed by atoms with Crippen molar-refractivity contribution in [1.82, 2.24) is 20.0 Å². The average molecular weight is 238 g/mol. The normalized spacial score (nSPS) is 23.8. The van der Waals surface area contributed by atoms with Gasteiger partial charge in [0.1, 0.15) is 0 Å². The summed E-state index contributed by atoms with van der Waals surface area (Å²) in [6.07, 6.45) is 5.22. The Balaban J connectivity index is 1.95. The molecule has 1 N–H and O–H groups in total. The Hall–Kier alpha value is -0.910. The molecule has 2 heterocycles. The fourth-order valence-electron chi connectivity index (χ4n) is 2.31. The number of nitrogens with one attached hydrogen (secondary N) is 1. The zero-order valence-corrected chi connectivity index (χ0v) is 10.9. The summed E-state index contributed by atoms with van der Waals surface area (Å²) >= 11 is 0. The van der Waals surface area contributed by atoms with Gasteiger partial charge in [0.25, 0.3) is 0 Å². The van der Waals surface area contributed by atoms with Crippen molar-refractivity contribution in [2.75, 3.05) is 33.8 Å². The van der Waals surface area contributed by atoms with E-state index in [1.807, 2.05) is 25.0 Å². The van der Waals surface area contributed by atoms with Gasteiger partial charge >= 0.3 is 0 Å². The lowest BCUT2D eigenvalue weighted by molar-refractivity contribution is -0.0372. The molecule has 1 saturated heterocycles. The van der Waals surface area contributed by atoms with Crippen molar-refractivity contribution >= 4 is 0 Å². The molecule has 1 aliphatic rings. The van der Waals surface area contributed by atoms with Gasteiger partial charge in [0.2, 0.25) is 0 Å². The maximum atomic E-state index is 5.85. The number of hydrogen-bond donors (Lipinski definition) is 1. The average Bonchev–Trinajstić information content (AvgIpc) is 2.72. The first-order valence-corrected chi connectivity index (χ1v) is 6.14. The van der Waals surface area contributed by atoms with Gasteiger partial charge in [-0.3, -0.25) is 4.68 Å². The molecule has 0 bridgehead atoms. The first-order chi connectivity index (χ1) is 8.19. The van der Waals surface area contributed by atoms with Gasteiger partial charge in [0, 0.05) is 32.4 Å². The van der Waals surface area contributed by atoms with Gasteiger partial charge in [-0.25, -0.2) is 0 Å². The number of likely N-dealkylation sites (N-methyl/N-ethyl adjacent to an activating group) is 2. The zero-order chi connectivity index (χ0) is 12.3. The Morgan fingerprint density at radius 1 is 1.59 bits per heavy atom. The largest absolute Gasteiger partial charge is 0.374 e. The van der Waals surface area contributed by atoms with Crippen LogP contribution in [-0.4, -0.2) is 60.6 Å². The molecule has 17 heavy (non-hydrogen) atoms. The third kappa shape index (κ3) is 3.28. The Morgan fingerprint density at radius 2 is 2.41 bits per heavy atom. The molecule has 0 aromatic carbocycles. The molecule has 5 nitrogen and oxygen atoms in total. The van der Waals surface area contributed by atoms with Crippen LogP contribution in [0.25, 0.3) is 0 Å². The fourth-order valence-corrected chi connectivity index (χ4v) is 2.31. The number of rotatable bonds is 4. The monoisotopic (exact) mass is 238 g/mol. The van der Waals surface area contributed by atoms with Crippen LogP contribution in [0.3, 0.4) is 0 Å². The van der Waals surface area contributed by atoms with E-state index in [1.165, 1.54) is 5.56 Å². The number of aromatic nitrogens is 2. The van der Waals surface area contributed by atoms with E-state index in [0.717, 1.165) is 26.1 Å². The number of hydrogen-bond acceptors (Lipinski definition) is 4. The van der Waals surface area contributed by atoms with Gasteiger partial charge in [0.15, 0.2) is 0 Å². The number of morpholine rings is 1. The van der Waals surface area contributed by atoms with Gasteiger partial charge in [-0.2, -0.15) is 5.10 Å². The summed E-state index contributed by atoms with van der Waals surface area (Å²) in [6.45, 7) is 2.85. The quantitative estimate of drug-likeness (QED) is 0.794. The third-order valence-electron chi connectivity index (χ3n) is 3.33. The first-order valence-electron chi connectivity index (χ1n) is 6.14. The van der Waals surface area contributed by atoms with E-state index < -0.39 is 0 Å². The molecule has 0 radical (unpaired) electrons. The van der Waals surface area contributed by atoms with E-state index in [0.29, 0.717) is 6.04 Å². The summed E-state index contributed by atoms with van der Waals surface area (Å²) in [7, 11) is 6.09. The maximum Gasteiger partial charge on any atom is 0.0858 e. The van der Waals surface area contributed by atoms with Crippen molar-refractivity contribution < 1.29 is 4.74 Å². The number of ether oxygens (including phenoxy) is 1. The van der Waals surface area contributed by atoms with Crippen molar-refractivity contribution in [2.45, 2.75) is 18.6 Å². The van der Waals surface area contributed by atoms with Crippen molar-refractivity contribution in [3.05, 3.63) is 18.0 Å². The Morgan fingerprint density at radius 3 is 3.00 bits per heavy atom. The van der Waals surface area contributed by atoms with E-state index >= 15 is 0 Å². The zero-order valence-electron chi connectivity index (χ0n) is 10.9. The Labute approximate surface area is 103 Å². The Bertz CT molecular complexity index is 352. The number of nitrogens with zero attached hydrogens (tertiary/aromatic N) is 3. The molecular weight excluding hydrogens is 216 g/mol. The highest BCUT2D eigenvalue weighted by molar-refractivity contribution is 5.07. The second-order valence-corrected chi connectivity index (χ2v) is 4.79. The topological polar surface area (TPSA) is 42.3 Å². The minimum atomic E-state index is 0.263. The highest BCUT2D eigenvalue weighted by atomic mass is 16.5. The minimum Gasteiger partial charge on any atom is -0.374 e. The van der Waals surface area contributed by atoms with Crippen molar-refractivity contribution in [3.8, 4) is 0 Å². The molecule has 5 heteroatoms. The highest BCUT2D eigenvalue weighted by Crippen LogP contribution is 2.12. The second kappa shape index (κ2) is 5.62. The molecule has 1 aliphatic heterocycles. The molecule has 0 saturated carbocycles. The molecule has 1 fully saturated rings. The van der Waals surface area contributed by atoms with Crippen molar-refractivity contribution in [2.24, 2.45) is 7.05 Å². The standard InChI is InChI=1S/C12H22N4O/c1-13-11(6-10-7-14-16(3)8-10)12-9-15(2)4-5-17-12/h7-8,11-13H,4-6,9H2,1-3H3. The molecule has 1 aromatic rings. The second-order valence-electron chi connectivity index (χ2n) is 4.79. The van der Waals surface area contributed by atoms with E-state index in [-0.39, 0.29) is 6.10 Å². The predicted octanol–water partition coefficient (Wildman–Crippen LogP) is -0.119. The summed E-state index contributed by atoms with van der Waals surface area (Å²) < 4.78 is 7.69. The van der Waals surface area contributed by atoms with Crippen LogP contribution in [0, 0.1) is 0 Å². The molecular formula is C12H22N4O. The van der Waals surface area contributed by atoms with Gasteiger partial charge in [0.05, 0.1) is 18.9 Å². The van der Waals surface area contributed by atoms with Crippen LogP contribution in [0.5, 0.6) is 0 Å². The lowest BCUT2D eigenvalue weighted by atomic mass is 10.0. The molecule has 96 valence electrons. The van der Waals surface area contributed by atoms with Crippen LogP contribution in [0.4, 0.5) is 0 Å². The van der Waals surface area contributed by atoms with Gasteiger partial charge in [-0.1, -0.05) is 0 Å². The summed E-state index contributed by atoms with van der Waals surface area (Å²) in [6, 6.07) is 0.349. The van der Waals surface area contributed by atoms with Crippen LogP contribution >= 0.6 is 0 Å². The minimum absolute atomic E-state index is 0.263. The van der Waals surface area contributed by atoms with E-state index in [4.69, 9.17) is 4.74 Å². The SMILES string of the molecule is CNC(Cc1cnn(C)c1)C1CN(C)CCO1. The molecule has 2 rings (SSSR count). The molecule has 0 amide bonds. The van der Waals surface area contributed by atoms with Crippen molar-refractivity contribution in [1.29, 1.82) is 0 Å². The first kappa shape index (κ1) is 12.5. The smallest absolute Gasteiger partial charge is 0.0858 e. The Kier molecular flexibility index (Phi) is 4.15. The van der Waals surface area contributed by atoms with E-state index in [1.54, 1.807) is 0 Å². The molecule has 1 aromatic heterocycles. The lowest BCUT2D eigenvalue weighted by Crippen LogP contribution is -2.51. The van der Waals surface area contributed by atoms with Crippen molar-refractivity contribution in [3.63, 3.8) is 0 Å². The summed E-state index contributed by atoms with van der Waals surface area (Å²) in [4.78, 5) is 2.32. The predicted molar refractivity (Wildman–Crippen MR) is 67.0 cm³/mol. The van der Waals surface area contributed by atoms with Gasteiger partial charge in [-0.15, -0.1) is 0 Å². The molecule has 0 spiro atoms. The van der Waals surface area contributed by atoms with E-state index in [9.17, 15) is 0 Å². The van der Waals surface area contributed by atoms with Crippen LogP contribution in [-0.2, 0) is 18.2 Å². The van der Waals surface area contributed by atoms with Crippen LogP contribution in [0.2, 0.25) is 0 Å². The van der Waals surface area contributed by atoms with Crippen LogP contribution in [0.15, 0.2) is 12.4 Å². The maximum absolute atomic E-state index is 5.85. The van der Waals surface area contributed by atoms with Crippen LogP contribution < -0.4 is 5.32 Å². The summed E-state index contributed by atoms with van der Waals surface area (Å²) in [5.41, 5.74) is 1.25. The lowest BCUT2D eigenvalue weighted by Gasteiger charge is -2.35. The molecule has 2 atom stereocenters. The highest BCUT2D eigenvalue weighted by Gasteiger charge is 2.26.